The third-order valence-corrected chi connectivity index (χ3v) is 1.51. The third kappa shape index (κ3) is 1.68. The Morgan fingerprint density at radius 1 is 1.55 bits per heavy atom. The zero-order chi connectivity index (χ0) is 8.48. The summed E-state index contributed by atoms with van der Waals surface area (Å²) in [6.45, 7) is 3.39. The molecule has 3 N–H and O–H groups in total. The van der Waals surface area contributed by atoms with Crippen molar-refractivity contribution in [1.82, 2.24) is 4.98 Å². The molecule has 0 atom stereocenters. The fraction of sp³-hybridized carbons (Fsp3) is 0.375. The summed E-state index contributed by atoms with van der Waals surface area (Å²) in [5, 5.41) is 9.56. The molecule has 0 aliphatic heterocycles. The Balaban J connectivity index is 3.14. The van der Waals surface area contributed by atoms with Gasteiger partial charge in [0.05, 0.1) is 17.5 Å². The van der Waals surface area contributed by atoms with Gasteiger partial charge < -0.3 is 10.8 Å². The summed E-state index contributed by atoms with van der Waals surface area (Å²) in [5.41, 5.74) is 5.95. The van der Waals surface area contributed by atoms with Crippen molar-refractivity contribution in [3.8, 4) is 0 Å². The molecule has 1 aromatic rings. The molecule has 0 radical (unpaired) electrons. The van der Waals surface area contributed by atoms with Gasteiger partial charge in [0.15, 0.2) is 0 Å². The van der Waals surface area contributed by atoms with E-state index in [1.54, 1.807) is 26.1 Å². The lowest BCUT2D eigenvalue weighted by molar-refractivity contribution is 0.0793. The van der Waals surface area contributed by atoms with Crippen molar-refractivity contribution in [2.45, 2.75) is 19.4 Å². The van der Waals surface area contributed by atoms with Crippen molar-refractivity contribution < 1.29 is 5.11 Å². The van der Waals surface area contributed by atoms with Gasteiger partial charge in [-0.3, -0.25) is 4.98 Å². The number of anilines is 1. The number of rotatable bonds is 1. The quantitative estimate of drug-likeness (QED) is 0.628. The van der Waals surface area contributed by atoms with Crippen molar-refractivity contribution in [1.29, 1.82) is 0 Å². The number of hydrogen-bond acceptors (Lipinski definition) is 3. The minimum absolute atomic E-state index is 0.528. The zero-order valence-corrected chi connectivity index (χ0v) is 6.70. The summed E-state index contributed by atoms with van der Waals surface area (Å²) in [4.78, 5) is 3.82. The molecule has 0 spiro atoms. The van der Waals surface area contributed by atoms with E-state index >= 15 is 0 Å². The van der Waals surface area contributed by atoms with Crippen LogP contribution < -0.4 is 5.73 Å². The van der Waals surface area contributed by atoms with E-state index in [2.05, 4.69) is 4.98 Å². The van der Waals surface area contributed by atoms with Crippen LogP contribution in [0.2, 0.25) is 0 Å². The van der Waals surface area contributed by atoms with Crippen LogP contribution in [-0.4, -0.2) is 10.1 Å². The maximum absolute atomic E-state index is 9.56. The lowest BCUT2D eigenvalue weighted by Crippen LogP contribution is -2.17. The van der Waals surface area contributed by atoms with Crippen LogP contribution in [0, 0.1) is 0 Å². The molecule has 0 unspecified atom stereocenters. The highest BCUT2D eigenvalue weighted by Crippen LogP contribution is 2.23. The predicted molar refractivity (Wildman–Crippen MR) is 43.9 cm³/mol. The first-order chi connectivity index (χ1) is 5.02. The SMILES string of the molecule is CC(C)(O)c1ccncc1N. The Hall–Kier alpha value is -1.09. The average Bonchev–Trinajstić information content (AvgIpc) is 1.86. The summed E-state index contributed by atoms with van der Waals surface area (Å²) in [6.07, 6.45) is 3.15. The van der Waals surface area contributed by atoms with Crippen LogP contribution in [-0.2, 0) is 5.60 Å². The summed E-state index contributed by atoms with van der Waals surface area (Å²) in [7, 11) is 0. The first-order valence-electron chi connectivity index (χ1n) is 3.44. The Labute approximate surface area is 65.9 Å². The molecule has 1 aromatic heterocycles. The van der Waals surface area contributed by atoms with Crippen molar-refractivity contribution >= 4 is 5.69 Å². The number of nitrogens with zero attached hydrogens (tertiary/aromatic N) is 1. The van der Waals surface area contributed by atoms with E-state index in [-0.39, 0.29) is 0 Å². The molecular formula is C8H12N2O. The van der Waals surface area contributed by atoms with Gasteiger partial charge in [0.2, 0.25) is 0 Å². The topological polar surface area (TPSA) is 59.1 Å². The summed E-state index contributed by atoms with van der Waals surface area (Å²) in [5.74, 6) is 0. The first-order valence-corrected chi connectivity index (χ1v) is 3.44. The molecule has 0 amide bonds. The van der Waals surface area contributed by atoms with E-state index in [0.717, 1.165) is 0 Å². The van der Waals surface area contributed by atoms with Crippen LogP contribution in [0.1, 0.15) is 19.4 Å². The second-order valence-electron chi connectivity index (χ2n) is 3.02. The number of nitrogen functional groups attached to an aromatic ring is 1. The second kappa shape index (κ2) is 2.51. The largest absolute Gasteiger partial charge is 0.397 e. The van der Waals surface area contributed by atoms with E-state index < -0.39 is 5.60 Å². The number of pyridine rings is 1. The highest BCUT2D eigenvalue weighted by molar-refractivity contribution is 5.46. The Morgan fingerprint density at radius 3 is 2.55 bits per heavy atom. The van der Waals surface area contributed by atoms with Gasteiger partial charge in [0, 0.05) is 11.8 Å². The molecule has 0 aliphatic carbocycles. The van der Waals surface area contributed by atoms with Crippen LogP contribution in [0.25, 0.3) is 0 Å². The van der Waals surface area contributed by atoms with Gasteiger partial charge in [-0.1, -0.05) is 0 Å². The molecule has 1 heterocycles. The van der Waals surface area contributed by atoms with E-state index in [4.69, 9.17) is 5.73 Å². The maximum atomic E-state index is 9.56. The van der Waals surface area contributed by atoms with Gasteiger partial charge in [-0.25, -0.2) is 0 Å². The fourth-order valence-electron chi connectivity index (χ4n) is 0.964. The van der Waals surface area contributed by atoms with E-state index in [1.807, 2.05) is 0 Å². The van der Waals surface area contributed by atoms with E-state index in [1.165, 1.54) is 6.20 Å². The fourth-order valence-corrected chi connectivity index (χ4v) is 0.964. The maximum Gasteiger partial charge on any atom is 0.0861 e. The van der Waals surface area contributed by atoms with Gasteiger partial charge in [-0.15, -0.1) is 0 Å². The zero-order valence-electron chi connectivity index (χ0n) is 6.70. The lowest BCUT2D eigenvalue weighted by atomic mass is 9.98. The Morgan fingerprint density at radius 2 is 2.18 bits per heavy atom. The molecular weight excluding hydrogens is 140 g/mol. The van der Waals surface area contributed by atoms with Crippen molar-refractivity contribution in [3.05, 3.63) is 24.0 Å². The van der Waals surface area contributed by atoms with Crippen LogP contribution in [0.15, 0.2) is 18.5 Å². The van der Waals surface area contributed by atoms with Crippen LogP contribution in [0.4, 0.5) is 5.69 Å². The summed E-state index contributed by atoms with van der Waals surface area (Å²) >= 11 is 0. The monoisotopic (exact) mass is 152 g/mol. The Kier molecular flexibility index (Phi) is 1.83. The normalized spacial score (nSPS) is 11.5. The molecule has 0 fully saturated rings. The number of nitrogens with two attached hydrogens (primary N) is 1. The lowest BCUT2D eigenvalue weighted by Gasteiger charge is -2.18. The van der Waals surface area contributed by atoms with Gasteiger partial charge >= 0.3 is 0 Å². The molecule has 60 valence electrons. The number of hydrogen-bond donors (Lipinski definition) is 2. The molecule has 0 saturated heterocycles. The minimum atomic E-state index is -0.882. The highest BCUT2D eigenvalue weighted by atomic mass is 16.3. The van der Waals surface area contributed by atoms with Crippen LogP contribution in [0.5, 0.6) is 0 Å². The highest BCUT2D eigenvalue weighted by Gasteiger charge is 2.17. The van der Waals surface area contributed by atoms with Gasteiger partial charge in [0.25, 0.3) is 0 Å². The second-order valence-corrected chi connectivity index (χ2v) is 3.02. The average molecular weight is 152 g/mol. The van der Waals surface area contributed by atoms with E-state index in [0.29, 0.717) is 11.3 Å². The molecule has 0 aliphatic rings. The molecule has 0 bridgehead atoms. The van der Waals surface area contributed by atoms with Crippen LogP contribution in [0.3, 0.4) is 0 Å². The molecule has 11 heavy (non-hydrogen) atoms. The summed E-state index contributed by atoms with van der Waals surface area (Å²) < 4.78 is 0. The van der Waals surface area contributed by atoms with Crippen molar-refractivity contribution in [2.75, 3.05) is 5.73 Å². The number of aromatic nitrogens is 1. The van der Waals surface area contributed by atoms with E-state index in [9.17, 15) is 5.11 Å². The molecule has 0 aromatic carbocycles. The standard InChI is InChI=1S/C8H12N2O/c1-8(2,11)6-3-4-10-5-7(6)9/h3-5,11H,9H2,1-2H3. The van der Waals surface area contributed by atoms with Crippen molar-refractivity contribution in [3.63, 3.8) is 0 Å². The summed E-state index contributed by atoms with van der Waals surface area (Å²) in [6, 6.07) is 1.72. The molecule has 0 saturated carbocycles. The van der Waals surface area contributed by atoms with Crippen LogP contribution >= 0.6 is 0 Å². The molecule has 1 rings (SSSR count). The smallest absolute Gasteiger partial charge is 0.0861 e. The number of aliphatic hydroxyl groups is 1. The van der Waals surface area contributed by atoms with Gasteiger partial charge in [-0.05, 0) is 19.9 Å². The van der Waals surface area contributed by atoms with Gasteiger partial charge in [0.1, 0.15) is 0 Å². The Bertz CT molecular complexity index is 253. The molecule has 3 nitrogen and oxygen atoms in total. The van der Waals surface area contributed by atoms with Crippen molar-refractivity contribution in [2.24, 2.45) is 0 Å². The minimum Gasteiger partial charge on any atom is -0.397 e. The van der Waals surface area contributed by atoms with Gasteiger partial charge in [-0.2, -0.15) is 0 Å². The molecule has 3 heteroatoms. The predicted octanol–water partition coefficient (Wildman–Crippen LogP) is 0.891. The first kappa shape index (κ1) is 8.01. The third-order valence-electron chi connectivity index (χ3n) is 1.51.